The van der Waals surface area contributed by atoms with E-state index in [0.29, 0.717) is 29.7 Å². The van der Waals surface area contributed by atoms with Gasteiger partial charge < -0.3 is 19.1 Å². The predicted octanol–water partition coefficient (Wildman–Crippen LogP) is 3.54. The maximum atomic E-state index is 12.7. The molecule has 5 nitrogen and oxygen atoms in total. The molecule has 2 aliphatic rings. The summed E-state index contributed by atoms with van der Waals surface area (Å²) in [6, 6.07) is 3.76. The molecule has 0 spiro atoms. The highest BCUT2D eigenvalue weighted by Crippen LogP contribution is 2.36. The zero-order valence-electron chi connectivity index (χ0n) is 14.7. The number of carbonyl (C=O) groups excluding carboxylic acids is 1. The molecule has 6 heteroatoms. The Kier molecular flexibility index (Phi) is 5.86. The van der Waals surface area contributed by atoms with Gasteiger partial charge in [-0.25, -0.2) is 0 Å². The first-order valence-corrected chi connectivity index (χ1v) is 9.03. The lowest BCUT2D eigenvalue weighted by Gasteiger charge is -2.43. The van der Waals surface area contributed by atoms with E-state index in [1.54, 1.807) is 38.5 Å². The number of methoxy groups -OCH3 is 2. The van der Waals surface area contributed by atoms with Gasteiger partial charge in [-0.3, -0.25) is 4.79 Å². The number of halogens is 1. The van der Waals surface area contributed by atoms with Gasteiger partial charge in [0, 0.05) is 12.6 Å². The zero-order valence-corrected chi connectivity index (χ0v) is 15.4. The van der Waals surface area contributed by atoms with Crippen LogP contribution in [0.15, 0.2) is 18.2 Å². The van der Waals surface area contributed by atoms with Crippen LogP contribution in [0.25, 0.3) is 6.08 Å². The summed E-state index contributed by atoms with van der Waals surface area (Å²) < 4.78 is 16.4. The van der Waals surface area contributed by atoms with Crippen molar-refractivity contribution in [2.75, 3.05) is 27.4 Å². The first-order chi connectivity index (χ1) is 12.1. The molecule has 1 saturated carbocycles. The summed E-state index contributed by atoms with van der Waals surface area (Å²) in [5.74, 6) is 1.05. The van der Waals surface area contributed by atoms with Crippen LogP contribution in [0.3, 0.4) is 0 Å². The number of fused-ring (bicyclic) bond motifs is 1. The second-order valence-corrected chi connectivity index (χ2v) is 6.77. The van der Waals surface area contributed by atoms with Gasteiger partial charge >= 0.3 is 0 Å². The van der Waals surface area contributed by atoms with E-state index in [2.05, 4.69) is 0 Å². The van der Waals surface area contributed by atoms with E-state index in [-0.39, 0.29) is 18.1 Å². The lowest BCUT2D eigenvalue weighted by Crippen LogP contribution is -2.54. The average Bonchev–Trinajstić information content (AvgIpc) is 2.65. The zero-order chi connectivity index (χ0) is 17.8. The third-order valence-electron chi connectivity index (χ3n) is 4.89. The molecule has 3 rings (SSSR count). The maximum Gasteiger partial charge on any atom is 0.246 e. The topological polar surface area (TPSA) is 48.0 Å². The van der Waals surface area contributed by atoms with Gasteiger partial charge in [0.05, 0.1) is 38.0 Å². The van der Waals surface area contributed by atoms with Crippen LogP contribution in [-0.2, 0) is 9.53 Å². The van der Waals surface area contributed by atoms with Gasteiger partial charge in [0.15, 0.2) is 11.5 Å². The largest absolute Gasteiger partial charge is 0.493 e. The van der Waals surface area contributed by atoms with Gasteiger partial charge in [0.25, 0.3) is 0 Å². The minimum atomic E-state index is 0.0195. The minimum absolute atomic E-state index is 0.0195. The Bertz CT molecular complexity index is 659. The second-order valence-electron chi connectivity index (χ2n) is 6.36. The molecule has 2 atom stereocenters. The van der Waals surface area contributed by atoms with Gasteiger partial charge in [-0.2, -0.15) is 0 Å². The maximum absolute atomic E-state index is 12.7. The fourth-order valence-corrected chi connectivity index (χ4v) is 3.96. The minimum Gasteiger partial charge on any atom is -0.493 e. The van der Waals surface area contributed by atoms with Crippen LogP contribution in [-0.4, -0.2) is 50.3 Å². The summed E-state index contributed by atoms with van der Waals surface area (Å²) in [6.45, 7) is 1.26. The third-order valence-corrected chi connectivity index (χ3v) is 5.17. The number of rotatable bonds is 4. The Morgan fingerprint density at radius 3 is 2.84 bits per heavy atom. The molecule has 1 amide bonds. The molecular formula is C19H24ClNO4. The van der Waals surface area contributed by atoms with Crippen molar-refractivity contribution in [3.63, 3.8) is 0 Å². The summed E-state index contributed by atoms with van der Waals surface area (Å²) in [5, 5.41) is 0.452. The number of ether oxygens (including phenoxy) is 3. The summed E-state index contributed by atoms with van der Waals surface area (Å²) in [7, 11) is 3.10. The lowest BCUT2D eigenvalue weighted by atomic mass is 9.90. The van der Waals surface area contributed by atoms with Crippen molar-refractivity contribution in [1.82, 2.24) is 4.90 Å². The summed E-state index contributed by atoms with van der Waals surface area (Å²) in [4.78, 5) is 14.6. The van der Waals surface area contributed by atoms with E-state index in [1.165, 1.54) is 6.42 Å². The molecule has 0 unspecified atom stereocenters. The predicted molar refractivity (Wildman–Crippen MR) is 97.3 cm³/mol. The molecule has 0 N–H and O–H groups in total. The molecule has 1 aliphatic carbocycles. The highest BCUT2D eigenvalue weighted by molar-refractivity contribution is 6.32. The smallest absolute Gasteiger partial charge is 0.246 e. The van der Waals surface area contributed by atoms with Crippen LogP contribution in [0, 0.1) is 0 Å². The summed E-state index contributed by atoms with van der Waals surface area (Å²) >= 11 is 6.22. The van der Waals surface area contributed by atoms with Gasteiger partial charge in [-0.1, -0.05) is 24.4 Å². The summed E-state index contributed by atoms with van der Waals surface area (Å²) in [5.41, 5.74) is 0.796. The molecule has 1 saturated heterocycles. The van der Waals surface area contributed by atoms with Crippen molar-refractivity contribution >= 4 is 23.6 Å². The molecule has 1 heterocycles. The highest BCUT2D eigenvalue weighted by Gasteiger charge is 2.35. The Morgan fingerprint density at radius 1 is 1.28 bits per heavy atom. The van der Waals surface area contributed by atoms with E-state index < -0.39 is 0 Å². The van der Waals surface area contributed by atoms with Crippen LogP contribution >= 0.6 is 11.6 Å². The van der Waals surface area contributed by atoms with Crippen molar-refractivity contribution in [3.8, 4) is 11.5 Å². The molecule has 1 aromatic carbocycles. The van der Waals surface area contributed by atoms with E-state index in [1.807, 2.05) is 4.90 Å². The molecule has 2 fully saturated rings. The molecule has 25 heavy (non-hydrogen) atoms. The molecule has 0 radical (unpaired) electrons. The normalized spacial score (nSPS) is 23.4. The number of amides is 1. The van der Waals surface area contributed by atoms with Crippen molar-refractivity contribution in [2.24, 2.45) is 0 Å². The second kappa shape index (κ2) is 8.11. The van der Waals surface area contributed by atoms with Crippen LogP contribution in [0.1, 0.15) is 31.2 Å². The van der Waals surface area contributed by atoms with Gasteiger partial charge in [0.2, 0.25) is 5.91 Å². The Labute approximate surface area is 153 Å². The van der Waals surface area contributed by atoms with Crippen molar-refractivity contribution in [2.45, 2.75) is 37.8 Å². The molecule has 1 aromatic rings. The van der Waals surface area contributed by atoms with Gasteiger partial charge in [-0.15, -0.1) is 0 Å². The van der Waals surface area contributed by atoms with Crippen molar-refractivity contribution in [1.29, 1.82) is 0 Å². The fraction of sp³-hybridized carbons (Fsp3) is 0.526. The number of nitrogens with zero attached hydrogens (tertiary/aromatic N) is 1. The Balaban J connectivity index is 1.75. The van der Waals surface area contributed by atoms with Crippen LogP contribution in [0.4, 0.5) is 0 Å². The first kappa shape index (κ1) is 18.1. The number of benzene rings is 1. The molecular weight excluding hydrogens is 342 g/mol. The third kappa shape index (κ3) is 3.93. The standard InChI is InChI=1S/C19H24ClNO4/c1-23-17-12-13(11-14(20)19(17)24-2)7-8-18(22)21-9-10-25-16-6-4-3-5-15(16)21/h7-8,11-12,15-16H,3-6,9-10H2,1-2H3/b8-7+/t15-,16-/m0/s1. The quantitative estimate of drug-likeness (QED) is 0.766. The Morgan fingerprint density at radius 2 is 2.08 bits per heavy atom. The number of carbonyl (C=O) groups is 1. The molecule has 0 aromatic heterocycles. The van der Waals surface area contributed by atoms with Crippen molar-refractivity contribution < 1.29 is 19.0 Å². The van der Waals surface area contributed by atoms with Gasteiger partial charge in [-0.05, 0) is 36.6 Å². The number of morpholine rings is 1. The Hall–Kier alpha value is -1.72. The number of hydrogen-bond acceptors (Lipinski definition) is 4. The number of hydrogen-bond donors (Lipinski definition) is 0. The fourth-order valence-electron chi connectivity index (χ4n) is 3.67. The van der Waals surface area contributed by atoms with Crippen LogP contribution < -0.4 is 9.47 Å². The monoisotopic (exact) mass is 365 g/mol. The van der Waals surface area contributed by atoms with E-state index in [0.717, 1.165) is 24.8 Å². The average molecular weight is 366 g/mol. The molecule has 136 valence electrons. The molecule has 1 aliphatic heterocycles. The van der Waals surface area contributed by atoms with E-state index in [9.17, 15) is 4.79 Å². The highest BCUT2D eigenvalue weighted by atomic mass is 35.5. The SMILES string of the molecule is COc1cc(/C=C/C(=O)N2CCO[C@H]3CCCC[C@@H]32)cc(Cl)c1OC. The van der Waals surface area contributed by atoms with Crippen LogP contribution in [0.5, 0.6) is 11.5 Å². The van der Waals surface area contributed by atoms with E-state index in [4.69, 9.17) is 25.8 Å². The summed E-state index contributed by atoms with van der Waals surface area (Å²) in [6.07, 6.45) is 7.97. The van der Waals surface area contributed by atoms with Crippen LogP contribution in [0.2, 0.25) is 5.02 Å². The first-order valence-electron chi connectivity index (χ1n) is 8.66. The van der Waals surface area contributed by atoms with E-state index >= 15 is 0 Å². The molecule has 0 bridgehead atoms. The van der Waals surface area contributed by atoms with Gasteiger partial charge in [0.1, 0.15) is 0 Å². The van der Waals surface area contributed by atoms with Crippen molar-refractivity contribution in [3.05, 3.63) is 28.8 Å². The lowest BCUT2D eigenvalue weighted by molar-refractivity contribution is -0.144.